The predicted octanol–water partition coefficient (Wildman–Crippen LogP) is 8.74. The third-order valence-corrected chi connectivity index (χ3v) is 5.82. The largest absolute Gasteiger partial charge is 2.00 e. The summed E-state index contributed by atoms with van der Waals surface area (Å²) < 4.78 is 288. The molecule has 0 aromatic heterocycles. The average Bonchev–Trinajstić information content (AvgIpc) is 2.80. The van der Waals surface area contributed by atoms with Crippen LogP contribution in [0.1, 0.15) is 22.3 Å². The molecule has 4 rings (SSSR count). The topological polar surface area (TPSA) is 0 Å². The van der Waals surface area contributed by atoms with Gasteiger partial charge in [0.25, 0.3) is 0 Å². The van der Waals surface area contributed by atoms with Gasteiger partial charge in [-0.05, 0) is 22.3 Å². The van der Waals surface area contributed by atoms with Crippen molar-refractivity contribution >= 4 is 0 Å². The smallest absolute Gasteiger partial charge is 0.281 e. The zero-order valence-corrected chi connectivity index (χ0v) is 22.0. The molecule has 0 aliphatic heterocycles. The number of fused-ring (bicyclic) bond motifs is 2. The summed E-state index contributed by atoms with van der Waals surface area (Å²) in [5, 5.41) is 0. The second-order valence-electron chi connectivity index (χ2n) is 8.23. The van der Waals surface area contributed by atoms with Crippen molar-refractivity contribution in [2.45, 2.75) is 47.4 Å². The van der Waals surface area contributed by atoms with Crippen molar-refractivity contribution in [3.63, 3.8) is 0 Å². The molecule has 0 spiro atoms. The summed E-state index contributed by atoms with van der Waals surface area (Å²) in [4.78, 5) is 0. The van der Waals surface area contributed by atoms with Gasteiger partial charge < -0.3 is 0 Å². The molecule has 43 heavy (non-hydrogen) atoms. The van der Waals surface area contributed by atoms with Crippen LogP contribution in [0.4, 0.5) is 96.6 Å². The fourth-order valence-corrected chi connectivity index (χ4v) is 3.68. The van der Waals surface area contributed by atoms with E-state index >= 15 is 0 Å². The summed E-state index contributed by atoms with van der Waals surface area (Å²) in [6, 6.07) is 1.05. The van der Waals surface area contributed by atoms with Gasteiger partial charge in [0.15, 0.2) is 0 Å². The maximum Gasteiger partial charge on any atom is 2.00 e. The number of benzene rings is 2. The van der Waals surface area contributed by atoms with Crippen LogP contribution in [0, 0.1) is 47.0 Å². The van der Waals surface area contributed by atoms with Gasteiger partial charge in [-0.1, -0.05) is 0 Å². The van der Waals surface area contributed by atoms with Crippen LogP contribution in [0.15, 0.2) is 0 Å². The zero-order valence-electron chi connectivity index (χ0n) is 19.0. The molecule has 0 radical (unpaired) electrons. The molecule has 236 valence electrons. The Bertz CT molecular complexity index is 1350. The Kier molecular flexibility index (Phi) is 8.33. The number of alkyl halides is 16. The molecular formula is C20F22Zn. The van der Waals surface area contributed by atoms with Crippen LogP contribution >= 0.6 is 0 Å². The summed E-state index contributed by atoms with van der Waals surface area (Å²) in [7, 11) is 0. The Morgan fingerprint density at radius 1 is 0.302 bits per heavy atom. The third kappa shape index (κ3) is 4.17. The van der Waals surface area contributed by atoms with E-state index in [2.05, 4.69) is 0 Å². The van der Waals surface area contributed by atoms with Crippen LogP contribution in [0.3, 0.4) is 0 Å². The van der Waals surface area contributed by atoms with Gasteiger partial charge in [-0.2, -0.15) is 52.7 Å². The van der Waals surface area contributed by atoms with Crippen LogP contribution in [-0.4, -0.2) is 23.7 Å². The van der Waals surface area contributed by atoms with Gasteiger partial charge in [-0.15, -0.1) is 12.1 Å². The van der Waals surface area contributed by atoms with Crippen molar-refractivity contribution in [1.29, 1.82) is 0 Å². The van der Waals surface area contributed by atoms with Gasteiger partial charge in [0, 0.05) is 23.3 Å². The molecule has 0 N–H and O–H groups in total. The Morgan fingerprint density at radius 2 is 0.488 bits per heavy atom. The second kappa shape index (κ2) is 9.76. The molecule has 2 aliphatic rings. The van der Waals surface area contributed by atoms with Crippen LogP contribution in [0.25, 0.3) is 0 Å². The van der Waals surface area contributed by atoms with Crippen LogP contribution in [0.5, 0.6) is 0 Å². The first-order valence-corrected chi connectivity index (χ1v) is 9.66. The van der Waals surface area contributed by atoms with Crippen molar-refractivity contribution in [3.8, 4) is 0 Å². The van der Waals surface area contributed by atoms with Gasteiger partial charge >= 0.3 is 66.9 Å². The Hall–Kier alpha value is -2.48. The SMILES string of the molecule is Fc1[c-]c(F)c2c(c1F)C(F)(F)C(F)(F)C(F)(F)C2(F)F.Fc1[c-]c(F)c2c(c1F)C(F)(F)C(F)(F)C(F)(F)C2(F)F.[Zn+2]. The monoisotopic (exact) mass is 722 g/mol. The van der Waals surface area contributed by atoms with Crippen molar-refractivity contribution in [3.05, 3.63) is 69.3 Å². The van der Waals surface area contributed by atoms with Gasteiger partial charge in [0.2, 0.25) is 0 Å². The van der Waals surface area contributed by atoms with Crippen molar-refractivity contribution in [2.24, 2.45) is 0 Å². The first-order chi connectivity index (χ1) is 18.4. The van der Waals surface area contributed by atoms with Crippen LogP contribution in [-0.2, 0) is 43.2 Å². The Labute approximate surface area is 233 Å². The molecule has 0 unspecified atom stereocenters. The zero-order chi connectivity index (χ0) is 33.2. The number of hydrogen-bond acceptors (Lipinski definition) is 0. The Morgan fingerprint density at radius 3 is 0.698 bits per heavy atom. The molecular weight excluding hydrogens is 724 g/mol. The second-order valence-corrected chi connectivity index (χ2v) is 8.23. The van der Waals surface area contributed by atoms with Gasteiger partial charge in [0.05, 0.1) is 11.6 Å². The number of halogens is 22. The maximum atomic E-state index is 13.3. The van der Waals surface area contributed by atoms with E-state index < -0.39 is 105 Å². The Balaban J connectivity index is 0.000000293. The summed E-state index contributed by atoms with van der Waals surface area (Å²) in [5.74, 6) is -68.9. The van der Waals surface area contributed by atoms with Crippen LogP contribution < -0.4 is 0 Å². The molecule has 0 nitrogen and oxygen atoms in total. The molecule has 0 bridgehead atoms. The van der Waals surface area contributed by atoms with Crippen molar-refractivity contribution < 1.29 is 116 Å². The molecule has 2 aromatic rings. The minimum absolute atomic E-state index is 0. The molecule has 23 heteroatoms. The van der Waals surface area contributed by atoms with E-state index in [1.165, 1.54) is 0 Å². The van der Waals surface area contributed by atoms with Gasteiger partial charge in [0.1, 0.15) is 0 Å². The minimum Gasteiger partial charge on any atom is -0.281 e. The summed E-state index contributed by atoms with van der Waals surface area (Å²) >= 11 is 0. The standard InChI is InChI=1S/2C10F11.Zn/c2*11-2-1-3(12)6(13)5-4(2)7(14,15)9(18,19)10(20,21)8(5,16)17;/q2*-1;+2. The van der Waals surface area contributed by atoms with E-state index in [-0.39, 0.29) is 19.5 Å². The third-order valence-electron chi connectivity index (χ3n) is 5.82. The molecule has 0 atom stereocenters. The number of rotatable bonds is 0. The molecule has 0 saturated carbocycles. The first kappa shape index (κ1) is 36.7. The number of hydrogen-bond donors (Lipinski definition) is 0. The predicted molar refractivity (Wildman–Crippen MR) is 85.7 cm³/mol. The van der Waals surface area contributed by atoms with Crippen molar-refractivity contribution in [2.75, 3.05) is 0 Å². The van der Waals surface area contributed by atoms with Gasteiger partial charge in [-0.3, -0.25) is 8.78 Å². The molecule has 2 aromatic carbocycles. The van der Waals surface area contributed by atoms with E-state index in [4.69, 9.17) is 0 Å². The van der Waals surface area contributed by atoms with Gasteiger partial charge in [-0.25, -0.2) is 35.1 Å². The van der Waals surface area contributed by atoms with E-state index in [1.807, 2.05) is 0 Å². The normalized spacial score (nSPS) is 24.0. The molecule has 0 heterocycles. The fraction of sp³-hybridized carbons (Fsp3) is 0.400. The summed E-state index contributed by atoms with van der Waals surface area (Å²) in [6.45, 7) is 0. The quantitative estimate of drug-likeness (QED) is 0.111. The first-order valence-electron chi connectivity index (χ1n) is 9.66. The van der Waals surface area contributed by atoms with E-state index in [9.17, 15) is 96.6 Å². The summed E-state index contributed by atoms with van der Waals surface area (Å²) in [6.07, 6.45) is 0. The summed E-state index contributed by atoms with van der Waals surface area (Å²) in [5.41, 5.74) is -12.4. The minimum atomic E-state index is -6.78. The fourth-order valence-electron chi connectivity index (χ4n) is 3.68. The molecule has 0 fully saturated rings. The van der Waals surface area contributed by atoms with E-state index in [1.54, 1.807) is 0 Å². The van der Waals surface area contributed by atoms with Crippen LogP contribution in [0.2, 0.25) is 0 Å². The maximum absolute atomic E-state index is 13.3. The van der Waals surface area contributed by atoms with E-state index in [0.29, 0.717) is 12.1 Å². The molecule has 0 saturated heterocycles. The average molecular weight is 724 g/mol. The van der Waals surface area contributed by atoms with Crippen molar-refractivity contribution in [1.82, 2.24) is 0 Å². The van der Waals surface area contributed by atoms with E-state index in [0.717, 1.165) is 0 Å². The molecule has 0 amide bonds. The molecule has 2 aliphatic carbocycles.